The standard InChI is InChI=1S/C14H22BrNO3S/c1-3-5-6-10-19-14-11-12(7-8-13(14)15)20(17,18)16-9-4-2/h7-8,11,16H,3-6,9-10H2,1-2H3. The van der Waals surface area contributed by atoms with E-state index in [4.69, 9.17) is 4.74 Å². The number of unbranched alkanes of at least 4 members (excludes halogenated alkanes) is 2. The molecule has 0 spiro atoms. The van der Waals surface area contributed by atoms with Crippen LogP contribution in [0.5, 0.6) is 5.75 Å². The maximum Gasteiger partial charge on any atom is 0.240 e. The number of hydrogen-bond acceptors (Lipinski definition) is 3. The molecule has 0 bridgehead atoms. The summed E-state index contributed by atoms with van der Waals surface area (Å²) in [6, 6.07) is 4.84. The third-order valence-electron chi connectivity index (χ3n) is 2.76. The second-order valence-electron chi connectivity index (χ2n) is 4.55. The van der Waals surface area contributed by atoms with Crippen LogP contribution < -0.4 is 9.46 Å². The van der Waals surface area contributed by atoms with Gasteiger partial charge in [-0.25, -0.2) is 13.1 Å². The van der Waals surface area contributed by atoms with Gasteiger partial charge in [-0.15, -0.1) is 0 Å². The summed E-state index contributed by atoms with van der Waals surface area (Å²) < 4.78 is 33.1. The van der Waals surface area contributed by atoms with Crippen LogP contribution in [0.1, 0.15) is 39.5 Å². The molecular formula is C14H22BrNO3S. The molecule has 0 amide bonds. The highest BCUT2D eigenvalue weighted by Crippen LogP contribution is 2.28. The predicted molar refractivity (Wildman–Crippen MR) is 84.6 cm³/mol. The van der Waals surface area contributed by atoms with Gasteiger partial charge in [0.25, 0.3) is 0 Å². The van der Waals surface area contributed by atoms with Crippen molar-refractivity contribution in [2.75, 3.05) is 13.2 Å². The Bertz CT molecular complexity index is 517. The number of nitrogens with one attached hydrogen (secondary N) is 1. The summed E-state index contributed by atoms with van der Waals surface area (Å²) in [5.41, 5.74) is 0. The summed E-state index contributed by atoms with van der Waals surface area (Å²) in [5, 5.41) is 0. The van der Waals surface area contributed by atoms with Gasteiger partial charge < -0.3 is 4.74 Å². The van der Waals surface area contributed by atoms with Gasteiger partial charge in [0.1, 0.15) is 5.75 Å². The first-order valence-electron chi connectivity index (χ1n) is 6.93. The largest absolute Gasteiger partial charge is 0.492 e. The zero-order chi connectivity index (χ0) is 15.0. The van der Waals surface area contributed by atoms with E-state index in [1.165, 1.54) is 0 Å². The summed E-state index contributed by atoms with van der Waals surface area (Å²) in [6.07, 6.45) is 3.96. The molecule has 0 fully saturated rings. The van der Waals surface area contributed by atoms with Crippen molar-refractivity contribution in [3.8, 4) is 5.75 Å². The first-order chi connectivity index (χ1) is 9.51. The lowest BCUT2D eigenvalue weighted by molar-refractivity contribution is 0.303. The van der Waals surface area contributed by atoms with Crippen molar-refractivity contribution in [1.82, 2.24) is 4.72 Å². The fourth-order valence-electron chi connectivity index (χ4n) is 1.62. The molecule has 0 aliphatic rings. The van der Waals surface area contributed by atoms with Gasteiger partial charge in [-0.05, 0) is 40.9 Å². The molecule has 0 aliphatic carbocycles. The van der Waals surface area contributed by atoms with Crippen molar-refractivity contribution in [1.29, 1.82) is 0 Å². The van der Waals surface area contributed by atoms with Crippen LogP contribution in [0.2, 0.25) is 0 Å². The molecule has 0 aromatic heterocycles. The Morgan fingerprint density at radius 1 is 1.20 bits per heavy atom. The quantitative estimate of drug-likeness (QED) is 0.680. The molecule has 0 unspecified atom stereocenters. The number of benzene rings is 1. The van der Waals surface area contributed by atoms with Crippen LogP contribution in [0, 0.1) is 0 Å². The minimum absolute atomic E-state index is 0.236. The molecule has 4 nitrogen and oxygen atoms in total. The highest BCUT2D eigenvalue weighted by Gasteiger charge is 2.15. The Balaban J connectivity index is 2.80. The Morgan fingerprint density at radius 2 is 1.95 bits per heavy atom. The first kappa shape index (κ1) is 17.5. The molecular weight excluding hydrogens is 342 g/mol. The summed E-state index contributed by atoms with van der Waals surface area (Å²) in [6.45, 7) is 5.08. The minimum atomic E-state index is -3.45. The molecule has 1 N–H and O–H groups in total. The van der Waals surface area contributed by atoms with E-state index >= 15 is 0 Å². The van der Waals surface area contributed by atoms with Gasteiger partial charge in [0.15, 0.2) is 0 Å². The van der Waals surface area contributed by atoms with Gasteiger partial charge in [0, 0.05) is 12.6 Å². The van der Waals surface area contributed by atoms with Gasteiger partial charge in [-0.1, -0.05) is 26.7 Å². The zero-order valence-corrected chi connectivity index (χ0v) is 14.4. The molecule has 114 valence electrons. The van der Waals surface area contributed by atoms with Crippen molar-refractivity contribution in [3.63, 3.8) is 0 Å². The normalized spacial score (nSPS) is 11.6. The van der Waals surface area contributed by atoms with Crippen molar-refractivity contribution < 1.29 is 13.2 Å². The first-order valence-corrected chi connectivity index (χ1v) is 9.21. The topological polar surface area (TPSA) is 55.4 Å². The SMILES string of the molecule is CCCCCOc1cc(S(=O)(=O)NCCC)ccc1Br. The molecule has 0 aliphatic heterocycles. The number of sulfonamides is 1. The summed E-state index contributed by atoms with van der Waals surface area (Å²) in [7, 11) is -3.45. The van der Waals surface area contributed by atoms with Crippen LogP contribution >= 0.6 is 15.9 Å². The van der Waals surface area contributed by atoms with Gasteiger partial charge >= 0.3 is 0 Å². The Hall–Kier alpha value is -0.590. The molecule has 0 saturated heterocycles. The molecule has 1 aromatic rings. The predicted octanol–water partition coefficient (Wildman–Crippen LogP) is 3.71. The zero-order valence-electron chi connectivity index (χ0n) is 12.0. The second kappa shape index (κ2) is 8.64. The number of rotatable bonds is 9. The average Bonchev–Trinajstić information content (AvgIpc) is 2.43. The van der Waals surface area contributed by atoms with Crippen LogP contribution in [0.4, 0.5) is 0 Å². The van der Waals surface area contributed by atoms with Crippen LogP contribution in [0.15, 0.2) is 27.6 Å². The van der Waals surface area contributed by atoms with Crippen LogP contribution in [-0.2, 0) is 10.0 Å². The van der Waals surface area contributed by atoms with E-state index in [1.54, 1.807) is 18.2 Å². The number of halogens is 1. The van der Waals surface area contributed by atoms with Gasteiger partial charge in [0.05, 0.1) is 16.0 Å². The highest BCUT2D eigenvalue weighted by molar-refractivity contribution is 9.10. The van der Waals surface area contributed by atoms with E-state index in [2.05, 4.69) is 27.6 Å². The fourth-order valence-corrected chi connectivity index (χ4v) is 3.13. The monoisotopic (exact) mass is 363 g/mol. The average molecular weight is 364 g/mol. The molecule has 0 saturated carbocycles. The van der Waals surface area contributed by atoms with Crippen LogP contribution in [0.3, 0.4) is 0 Å². The van der Waals surface area contributed by atoms with Crippen molar-refractivity contribution in [2.24, 2.45) is 0 Å². The summed E-state index contributed by atoms with van der Waals surface area (Å²) in [5.74, 6) is 0.570. The maximum atomic E-state index is 12.0. The van der Waals surface area contributed by atoms with Crippen LogP contribution in [-0.4, -0.2) is 21.6 Å². The van der Waals surface area contributed by atoms with E-state index in [9.17, 15) is 8.42 Å². The van der Waals surface area contributed by atoms with Gasteiger partial charge in [-0.2, -0.15) is 0 Å². The van der Waals surface area contributed by atoms with E-state index < -0.39 is 10.0 Å². The van der Waals surface area contributed by atoms with Gasteiger partial charge in [-0.3, -0.25) is 0 Å². The van der Waals surface area contributed by atoms with Crippen molar-refractivity contribution in [3.05, 3.63) is 22.7 Å². The minimum Gasteiger partial charge on any atom is -0.492 e. The second-order valence-corrected chi connectivity index (χ2v) is 7.17. The fraction of sp³-hybridized carbons (Fsp3) is 0.571. The molecule has 6 heteroatoms. The van der Waals surface area contributed by atoms with E-state index in [-0.39, 0.29) is 4.90 Å². The molecule has 0 atom stereocenters. The molecule has 1 aromatic carbocycles. The lowest BCUT2D eigenvalue weighted by Crippen LogP contribution is -2.24. The third-order valence-corrected chi connectivity index (χ3v) is 4.87. The molecule has 0 radical (unpaired) electrons. The summed E-state index contributed by atoms with van der Waals surface area (Å²) >= 11 is 3.38. The van der Waals surface area contributed by atoms with E-state index in [1.807, 2.05) is 6.92 Å². The maximum absolute atomic E-state index is 12.0. The highest BCUT2D eigenvalue weighted by atomic mass is 79.9. The third kappa shape index (κ3) is 5.42. The van der Waals surface area contributed by atoms with E-state index in [0.717, 1.165) is 30.2 Å². The summed E-state index contributed by atoms with van der Waals surface area (Å²) in [4.78, 5) is 0.236. The lowest BCUT2D eigenvalue weighted by Gasteiger charge is -2.11. The Labute approximate surface area is 130 Å². The van der Waals surface area contributed by atoms with Crippen molar-refractivity contribution in [2.45, 2.75) is 44.4 Å². The number of hydrogen-bond donors (Lipinski definition) is 1. The molecule has 1 rings (SSSR count). The van der Waals surface area contributed by atoms with E-state index in [0.29, 0.717) is 18.9 Å². The lowest BCUT2D eigenvalue weighted by atomic mass is 10.3. The van der Waals surface area contributed by atoms with Crippen molar-refractivity contribution >= 4 is 26.0 Å². The van der Waals surface area contributed by atoms with Crippen LogP contribution in [0.25, 0.3) is 0 Å². The molecule has 0 heterocycles. The van der Waals surface area contributed by atoms with Gasteiger partial charge in [0.2, 0.25) is 10.0 Å². The molecule has 20 heavy (non-hydrogen) atoms. The smallest absolute Gasteiger partial charge is 0.240 e. The Morgan fingerprint density at radius 3 is 2.60 bits per heavy atom. The Kier molecular flexibility index (Phi) is 7.55. The number of ether oxygens (including phenoxy) is 1.